The largest absolute Gasteiger partial charge is 0.494 e. The molecule has 0 bridgehead atoms. The van der Waals surface area contributed by atoms with Crippen LogP contribution in [0.25, 0.3) is 0 Å². The van der Waals surface area contributed by atoms with Gasteiger partial charge in [-0.05, 0) is 61.4 Å². The van der Waals surface area contributed by atoms with Crippen LogP contribution in [-0.2, 0) is 16.1 Å². The number of halogens is 1. The average molecular weight is 477 g/mol. The van der Waals surface area contributed by atoms with Gasteiger partial charge >= 0.3 is 0 Å². The van der Waals surface area contributed by atoms with E-state index in [0.29, 0.717) is 34.2 Å². The first-order valence-corrected chi connectivity index (χ1v) is 11.5. The Labute approximate surface area is 203 Å². The summed E-state index contributed by atoms with van der Waals surface area (Å²) >= 11 is 6.37. The Bertz CT molecular complexity index is 1230. The number of rotatable bonds is 7. The van der Waals surface area contributed by atoms with E-state index in [4.69, 9.17) is 16.3 Å². The molecule has 1 unspecified atom stereocenters. The minimum absolute atomic E-state index is 0.103. The molecule has 0 saturated carbocycles. The molecule has 4 rings (SSSR count). The Morgan fingerprint density at radius 2 is 1.71 bits per heavy atom. The van der Waals surface area contributed by atoms with E-state index in [0.717, 1.165) is 10.5 Å². The third-order valence-electron chi connectivity index (χ3n) is 5.84. The number of imide groups is 1. The molecule has 1 heterocycles. The fraction of sp³-hybridized carbons (Fsp3) is 0.222. The highest BCUT2D eigenvalue weighted by Gasteiger charge is 2.44. The molecule has 3 aromatic carbocycles. The van der Waals surface area contributed by atoms with Gasteiger partial charge < -0.3 is 9.64 Å². The number of hydrogen-bond acceptors (Lipinski definition) is 4. The molecule has 1 saturated heterocycles. The molecule has 34 heavy (non-hydrogen) atoms. The van der Waals surface area contributed by atoms with E-state index >= 15 is 0 Å². The zero-order valence-corrected chi connectivity index (χ0v) is 19.8. The smallest absolute Gasteiger partial charge is 0.257 e. The van der Waals surface area contributed by atoms with E-state index in [9.17, 15) is 14.4 Å². The van der Waals surface area contributed by atoms with Crippen LogP contribution in [0.15, 0.2) is 72.8 Å². The Hall–Kier alpha value is -3.64. The minimum Gasteiger partial charge on any atom is -0.494 e. The van der Waals surface area contributed by atoms with Crippen LogP contribution < -0.4 is 9.64 Å². The van der Waals surface area contributed by atoms with Gasteiger partial charge in [0.1, 0.15) is 11.8 Å². The van der Waals surface area contributed by atoms with Gasteiger partial charge in [0.05, 0.1) is 18.7 Å². The predicted molar refractivity (Wildman–Crippen MR) is 131 cm³/mol. The molecule has 0 spiro atoms. The second-order valence-electron chi connectivity index (χ2n) is 8.05. The standard InChI is InChI=1S/C27H25ClN2O4/c1-3-34-21-14-12-20(13-15-21)30-25(31)16-24(27(30)33)29(17-19-9-5-7-11-23(19)28)26(32)22-10-6-4-8-18(22)2/h4-15,24H,3,16-17H2,1-2H3. The number of benzene rings is 3. The highest BCUT2D eigenvalue weighted by Crippen LogP contribution is 2.30. The molecule has 0 radical (unpaired) electrons. The molecule has 6 nitrogen and oxygen atoms in total. The van der Waals surface area contributed by atoms with E-state index in [1.54, 1.807) is 48.5 Å². The van der Waals surface area contributed by atoms with Crippen LogP contribution in [0.5, 0.6) is 5.75 Å². The first-order chi connectivity index (χ1) is 16.4. The zero-order valence-electron chi connectivity index (χ0n) is 19.0. The van der Waals surface area contributed by atoms with Gasteiger partial charge in [0.15, 0.2) is 0 Å². The molecule has 3 aromatic rings. The summed E-state index contributed by atoms with van der Waals surface area (Å²) in [5.41, 5.74) is 2.42. The number of carbonyl (C=O) groups is 3. The first kappa shape index (κ1) is 23.5. The van der Waals surface area contributed by atoms with Gasteiger partial charge in [-0.15, -0.1) is 0 Å². The molecule has 7 heteroatoms. The molecule has 174 valence electrons. The Kier molecular flexibility index (Phi) is 6.98. The lowest BCUT2D eigenvalue weighted by molar-refractivity contribution is -0.122. The number of hydrogen-bond donors (Lipinski definition) is 0. The maximum atomic E-state index is 13.7. The normalized spacial score (nSPS) is 15.5. The van der Waals surface area contributed by atoms with Crippen LogP contribution in [0.4, 0.5) is 5.69 Å². The lowest BCUT2D eigenvalue weighted by Crippen LogP contribution is -2.45. The molecular formula is C27H25ClN2O4. The Morgan fingerprint density at radius 3 is 2.38 bits per heavy atom. The summed E-state index contributed by atoms with van der Waals surface area (Å²) < 4.78 is 5.45. The highest BCUT2D eigenvalue weighted by molar-refractivity contribution is 6.31. The number of carbonyl (C=O) groups excluding carboxylic acids is 3. The van der Waals surface area contributed by atoms with Crippen molar-refractivity contribution in [3.63, 3.8) is 0 Å². The summed E-state index contributed by atoms with van der Waals surface area (Å²) in [6, 6.07) is 20.2. The monoisotopic (exact) mass is 476 g/mol. The molecule has 0 aromatic heterocycles. The van der Waals surface area contributed by atoms with Gasteiger partial charge in [-0.25, -0.2) is 4.90 Å². The zero-order chi connectivity index (χ0) is 24.2. The van der Waals surface area contributed by atoms with Gasteiger partial charge in [-0.3, -0.25) is 14.4 Å². The number of ether oxygens (including phenoxy) is 1. The van der Waals surface area contributed by atoms with Crippen molar-refractivity contribution in [1.29, 1.82) is 0 Å². The molecule has 1 aliphatic rings. The van der Waals surface area contributed by atoms with E-state index < -0.39 is 11.9 Å². The molecule has 1 aliphatic heterocycles. The van der Waals surface area contributed by atoms with Crippen molar-refractivity contribution in [2.75, 3.05) is 11.5 Å². The van der Waals surface area contributed by atoms with Gasteiger partial charge in [0, 0.05) is 17.1 Å². The van der Waals surface area contributed by atoms with Crippen molar-refractivity contribution >= 4 is 35.0 Å². The fourth-order valence-electron chi connectivity index (χ4n) is 4.09. The molecular weight excluding hydrogens is 452 g/mol. The number of nitrogens with zero attached hydrogens (tertiary/aromatic N) is 2. The highest BCUT2D eigenvalue weighted by atomic mass is 35.5. The number of anilines is 1. The molecule has 0 aliphatic carbocycles. The summed E-state index contributed by atoms with van der Waals surface area (Å²) in [4.78, 5) is 42.7. The molecule has 1 fully saturated rings. The van der Waals surface area contributed by atoms with Crippen molar-refractivity contribution in [2.45, 2.75) is 32.9 Å². The quantitative estimate of drug-likeness (QED) is 0.449. The number of aryl methyl sites for hydroxylation is 1. The maximum Gasteiger partial charge on any atom is 0.257 e. The molecule has 1 atom stereocenters. The predicted octanol–water partition coefficient (Wildman–Crippen LogP) is 5.02. The lowest BCUT2D eigenvalue weighted by Gasteiger charge is -2.28. The van der Waals surface area contributed by atoms with Gasteiger partial charge in [0.2, 0.25) is 5.91 Å². The van der Waals surface area contributed by atoms with Gasteiger partial charge in [0.25, 0.3) is 11.8 Å². The summed E-state index contributed by atoms with van der Waals surface area (Å²) in [6.07, 6.45) is -0.103. The van der Waals surface area contributed by atoms with E-state index in [1.165, 1.54) is 4.90 Å². The summed E-state index contributed by atoms with van der Waals surface area (Å²) in [5, 5.41) is 0.491. The SMILES string of the molecule is CCOc1ccc(N2C(=O)CC(N(Cc3ccccc3Cl)C(=O)c3ccccc3C)C2=O)cc1. The topological polar surface area (TPSA) is 66.9 Å². The fourth-order valence-corrected chi connectivity index (χ4v) is 4.29. The van der Waals surface area contributed by atoms with E-state index in [-0.39, 0.29) is 24.8 Å². The van der Waals surface area contributed by atoms with Crippen LogP contribution in [-0.4, -0.2) is 35.3 Å². The second kappa shape index (κ2) is 10.1. The van der Waals surface area contributed by atoms with Gasteiger partial charge in [-0.1, -0.05) is 48.0 Å². The Morgan fingerprint density at radius 1 is 1.03 bits per heavy atom. The van der Waals surface area contributed by atoms with Crippen molar-refractivity contribution in [1.82, 2.24) is 4.90 Å². The van der Waals surface area contributed by atoms with Crippen molar-refractivity contribution in [3.8, 4) is 5.75 Å². The van der Waals surface area contributed by atoms with E-state index in [1.807, 2.05) is 38.1 Å². The van der Waals surface area contributed by atoms with Crippen molar-refractivity contribution in [2.24, 2.45) is 0 Å². The number of amides is 3. The summed E-state index contributed by atoms with van der Waals surface area (Å²) in [5.74, 6) is -0.473. The van der Waals surface area contributed by atoms with Crippen molar-refractivity contribution in [3.05, 3.63) is 94.5 Å². The van der Waals surface area contributed by atoms with Crippen LogP contribution in [0, 0.1) is 6.92 Å². The molecule has 0 N–H and O–H groups in total. The summed E-state index contributed by atoms with van der Waals surface area (Å²) in [6.45, 7) is 4.34. The average Bonchev–Trinajstić information content (AvgIpc) is 3.13. The molecule has 3 amide bonds. The van der Waals surface area contributed by atoms with Crippen LogP contribution in [0.2, 0.25) is 5.02 Å². The third-order valence-corrected chi connectivity index (χ3v) is 6.21. The second-order valence-corrected chi connectivity index (χ2v) is 8.46. The van der Waals surface area contributed by atoms with Crippen LogP contribution in [0.1, 0.15) is 34.8 Å². The van der Waals surface area contributed by atoms with E-state index in [2.05, 4.69) is 0 Å². The minimum atomic E-state index is -0.942. The van der Waals surface area contributed by atoms with Crippen LogP contribution >= 0.6 is 11.6 Å². The maximum absolute atomic E-state index is 13.7. The Balaban J connectivity index is 1.69. The van der Waals surface area contributed by atoms with Gasteiger partial charge in [-0.2, -0.15) is 0 Å². The first-order valence-electron chi connectivity index (χ1n) is 11.1. The summed E-state index contributed by atoms with van der Waals surface area (Å²) in [7, 11) is 0. The third kappa shape index (κ3) is 4.68. The van der Waals surface area contributed by atoms with Crippen LogP contribution in [0.3, 0.4) is 0 Å². The van der Waals surface area contributed by atoms with Crippen molar-refractivity contribution < 1.29 is 19.1 Å². The lowest BCUT2D eigenvalue weighted by atomic mass is 10.0.